The maximum Gasteiger partial charge on any atom is 0.321 e. The molecule has 0 unspecified atom stereocenters. The highest BCUT2D eigenvalue weighted by molar-refractivity contribution is 5.89. The van der Waals surface area contributed by atoms with Gasteiger partial charge in [0.25, 0.3) is 0 Å². The van der Waals surface area contributed by atoms with E-state index in [0.717, 1.165) is 49.6 Å². The van der Waals surface area contributed by atoms with Crippen LogP contribution in [0.1, 0.15) is 18.7 Å². The predicted molar refractivity (Wildman–Crippen MR) is 116 cm³/mol. The van der Waals surface area contributed by atoms with Crippen LogP contribution in [0.5, 0.6) is 11.5 Å². The number of likely N-dealkylation sites (tertiary alicyclic amines) is 1. The summed E-state index contributed by atoms with van der Waals surface area (Å²) in [6.45, 7) is 2.52. The molecule has 2 aromatic carbocycles. The average Bonchev–Trinajstić information content (AvgIpc) is 3.28. The highest BCUT2D eigenvalue weighted by Crippen LogP contribution is 2.32. The molecule has 0 spiro atoms. The van der Waals surface area contributed by atoms with Crippen LogP contribution in [-0.2, 0) is 6.42 Å². The monoisotopic (exact) mass is 419 g/mol. The number of piperidine rings is 1. The van der Waals surface area contributed by atoms with Crippen molar-refractivity contribution >= 4 is 11.7 Å². The Bertz CT molecular complexity index is 1040. The number of H-pyrrole nitrogens is 1. The fourth-order valence-corrected chi connectivity index (χ4v) is 4.04. The lowest BCUT2D eigenvalue weighted by atomic mass is 9.93. The molecule has 3 aromatic rings. The molecule has 8 heteroatoms. The number of hydrogen-bond acceptors (Lipinski definition) is 5. The molecular formula is C23H25N5O3. The van der Waals surface area contributed by atoms with Crippen molar-refractivity contribution in [2.45, 2.75) is 19.3 Å². The number of carbonyl (C=O) groups is 1. The Morgan fingerprint density at radius 3 is 2.65 bits per heavy atom. The van der Waals surface area contributed by atoms with Gasteiger partial charge < -0.3 is 19.7 Å². The quantitative estimate of drug-likeness (QED) is 0.672. The lowest BCUT2D eigenvalue weighted by Gasteiger charge is -2.31. The number of fused-ring (bicyclic) bond motifs is 1. The van der Waals surface area contributed by atoms with E-state index >= 15 is 0 Å². The number of nitrogens with zero attached hydrogens (tertiary/aromatic N) is 3. The number of anilines is 1. The minimum Gasteiger partial charge on any atom is -0.486 e. The number of aromatic nitrogens is 3. The molecule has 5 rings (SSSR count). The van der Waals surface area contributed by atoms with E-state index in [4.69, 9.17) is 9.47 Å². The third-order valence-electron chi connectivity index (χ3n) is 5.74. The van der Waals surface area contributed by atoms with Gasteiger partial charge in [-0.3, -0.25) is 5.10 Å². The molecule has 31 heavy (non-hydrogen) atoms. The molecule has 0 aliphatic carbocycles. The van der Waals surface area contributed by atoms with E-state index in [0.29, 0.717) is 36.3 Å². The fraction of sp³-hybridized carbons (Fsp3) is 0.348. The van der Waals surface area contributed by atoms with Crippen molar-refractivity contribution in [3.05, 3.63) is 54.4 Å². The highest BCUT2D eigenvalue weighted by atomic mass is 16.6. The van der Waals surface area contributed by atoms with E-state index < -0.39 is 0 Å². The fourth-order valence-electron chi connectivity index (χ4n) is 4.04. The minimum absolute atomic E-state index is 0.0823. The zero-order valence-electron chi connectivity index (χ0n) is 17.2. The van der Waals surface area contributed by atoms with E-state index in [2.05, 4.69) is 20.5 Å². The van der Waals surface area contributed by atoms with Crippen LogP contribution >= 0.6 is 0 Å². The number of nitrogens with one attached hydrogen (secondary N) is 2. The van der Waals surface area contributed by atoms with Gasteiger partial charge in [-0.05, 0) is 30.9 Å². The molecule has 1 saturated heterocycles. The summed E-state index contributed by atoms with van der Waals surface area (Å²) < 4.78 is 11.1. The smallest absolute Gasteiger partial charge is 0.321 e. The van der Waals surface area contributed by atoms with E-state index in [9.17, 15) is 4.79 Å². The van der Waals surface area contributed by atoms with Crippen LogP contribution in [0.4, 0.5) is 10.5 Å². The summed E-state index contributed by atoms with van der Waals surface area (Å²) >= 11 is 0. The first kappa shape index (κ1) is 19.4. The Kier molecular flexibility index (Phi) is 5.43. The first-order chi connectivity index (χ1) is 15.2. The molecule has 2 aliphatic rings. The summed E-state index contributed by atoms with van der Waals surface area (Å²) in [5.74, 6) is 3.50. The summed E-state index contributed by atoms with van der Waals surface area (Å²) in [4.78, 5) is 19.2. The molecule has 160 valence electrons. The molecule has 0 bridgehead atoms. The predicted octanol–water partition coefficient (Wildman–Crippen LogP) is 3.73. The molecule has 8 nitrogen and oxygen atoms in total. The van der Waals surface area contributed by atoms with Gasteiger partial charge in [0, 0.05) is 36.8 Å². The van der Waals surface area contributed by atoms with E-state index in [1.165, 1.54) is 0 Å². The van der Waals surface area contributed by atoms with Crippen molar-refractivity contribution < 1.29 is 14.3 Å². The number of carbonyl (C=O) groups excluding carboxylic acids is 1. The van der Waals surface area contributed by atoms with Gasteiger partial charge in [0.05, 0.1) is 0 Å². The first-order valence-corrected chi connectivity index (χ1v) is 10.7. The third kappa shape index (κ3) is 4.47. The molecule has 3 heterocycles. The molecule has 2 aliphatic heterocycles. The summed E-state index contributed by atoms with van der Waals surface area (Å²) in [5, 5.41) is 10.4. The van der Waals surface area contributed by atoms with Crippen molar-refractivity contribution in [2.75, 3.05) is 31.6 Å². The van der Waals surface area contributed by atoms with Crippen molar-refractivity contribution in [1.29, 1.82) is 0 Å². The van der Waals surface area contributed by atoms with Gasteiger partial charge in [0.1, 0.15) is 19.0 Å². The van der Waals surface area contributed by atoms with Crippen LogP contribution in [0.15, 0.2) is 48.5 Å². The van der Waals surface area contributed by atoms with E-state index in [1.54, 1.807) is 0 Å². The van der Waals surface area contributed by atoms with Crippen LogP contribution in [0.2, 0.25) is 0 Å². The molecule has 1 aromatic heterocycles. The lowest BCUT2D eigenvalue weighted by Crippen LogP contribution is -2.41. The number of aromatic amines is 1. The average molecular weight is 419 g/mol. The summed E-state index contributed by atoms with van der Waals surface area (Å²) in [6.07, 6.45) is 2.73. The number of amides is 2. The van der Waals surface area contributed by atoms with Gasteiger partial charge in [0.15, 0.2) is 17.3 Å². The summed E-state index contributed by atoms with van der Waals surface area (Å²) in [5.41, 5.74) is 1.72. The Hall–Kier alpha value is -3.55. The van der Waals surface area contributed by atoms with E-state index in [1.807, 2.05) is 53.4 Å². The maximum absolute atomic E-state index is 12.7. The summed E-state index contributed by atoms with van der Waals surface area (Å²) in [7, 11) is 0. The lowest BCUT2D eigenvalue weighted by molar-refractivity contribution is 0.171. The van der Waals surface area contributed by atoms with Gasteiger partial charge in [-0.25, -0.2) is 9.78 Å². The van der Waals surface area contributed by atoms with Gasteiger partial charge >= 0.3 is 6.03 Å². The number of urea groups is 1. The van der Waals surface area contributed by atoms with Crippen molar-refractivity contribution in [3.8, 4) is 22.9 Å². The van der Waals surface area contributed by atoms with Gasteiger partial charge in [0.2, 0.25) is 0 Å². The van der Waals surface area contributed by atoms with Gasteiger partial charge in [-0.2, -0.15) is 5.10 Å². The number of benzene rings is 2. The molecule has 2 N–H and O–H groups in total. The molecule has 2 amide bonds. The zero-order valence-corrected chi connectivity index (χ0v) is 17.2. The Morgan fingerprint density at radius 1 is 1.06 bits per heavy atom. The Balaban J connectivity index is 1.13. The molecule has 1 fully saturated rings. The van der Waals surface area contributed by atoms with Crippen LogP contribution in [0, 0.1) is 5.92 Å². The second-order valence-corrected chi connectivity index (χ2v) is 7.89. The van der Waals surface area contributed by atoms with E-state index in [-0.39, 0.29) is 6.03 Å². The number of hydrogen-bond donors (Lipinski definition) is 2. The zero-order chi connectivity index (χ0) is 21.0. The molecule has 0 radical (unpaired) electrons. The Labute approximate surface area is 180 Å². The second kappa shape index (κ2) is 8.67. The minimum atomic E-state index is -0.0823. The largest absolute Gasteiger partial charge is 0.486 e. The van der Waals surface area contributed by atoms with Crippen LogP contribution in [0.3, 0.4) is 0 Å². The topological polar surface area (TPSA) is 92.4 Å². The van der Waals surface area contributed by atoms with Crippen molar-refractivity contribution in [2.24, 2.45) is 5.92 Å². The molecular weight excluding hydrogens is 394 g/mol. The maximum atomic E-state index is 12.7. The van der Waals surface area contributed by atoms with Gasteiger partial charge in [-0.15, -0.1) is 0 Å². The highest BCUT2D eigenvalue weighted by Gasteiger charge is 2.24. The number of ether oxygens (including phenoxy) is 2. The van der Waals surface area contributed by atoms with Crippen molar-refractivity contribution in [3.63, 3.8) is 0 Å². The normalized spacial score (nSPS) is 16.2. The van der Waals surface area contributed by atoms with Crippen LogP contribution in [-0.4, -0.2) is 52.4 Å². The standard InChI is InChI=1S/C23H25N5O3/c29-23(24-18-6-7-19-20(15-18)31-13-12-30-19)28-10-8-16(9-11-28)14-21-25-22(27-26-21)17-4-2-1-3-5-17/h1-7,15-16H,8-14H2,(H,24,29)(H,25,26,27). The second-order valence-electron chi connectivity index (χ2n) is 7.89. The molecule has 0 saturated carbocycles. The van der Waals surface area contributed by atoms with Crippen LogP contribution < -0.4 is 14.8 Å². The summed E-state index contributed by atoms with van der Waals surface area (Å²) in [6, 6.07) is 15.4. The van der Waals surface area contributed by atoms with Crippen molar-refractivity contribution in [1.82, 2.24) is 20.1 Å². The molecule has 0 atom stereocenters. The number of rotatable bonds is 4. The third-order valence-corrected chi connectivity index (χ3v) is 5.74. The Morgan fingerprint density at radius 2 is 1.84 bits per heavy atom. The van der Waals surface area contributed by atoms with Gasteiger partial charge in [-0.1, -0.05) is 30.3 Å². The first-order valence-electron chi connectivity index (χ1n) is 10.7. The SMILES string of the molecule is O=C(Nc1ccc2c(c1)OCCO2)N1CCC(Cc2nc(-c3ccccc3)n[nH]2)CC1. The van der Waals surface area contributed by atoms with Crippen LogP contribution in [0.25, 0.3) is 11.4 Å².